The van der Waals surface area contributed by atoms with E-state index in [4.69, 9.17) is 9.26 Å². The van der Waals surface area contributed by atoms with Crippen LogP contribution in [0.5, 0.6) is 5.75 Å². The molecule has 0 amide bonds. The third-order valence-corrected chi connectivity index (χ3v) is 5.22. The molecule has 0 unspecified atom stereocenters. The molecule has 0 atom stereocenters. The highest BCUT2D eigenvalue weighted by atomic mass is 19.1. The summed E-state index contributed by atoms with van der Waals surface area (Å²) >= 11 is 0. The van der Waals surface area contributed by atoms with Crippen LogP contribution in [0, 0.1) is 11.7 Å². The summed E-state index contributed by atoms with van der Waals surface area (Å²) in [6, 6.07) is 5.96. The van der Waals surface area contributed by atoms with Crippen LogP contribution in [0.15, 0.2) is 41.2 Å². The van der Waals surface area contributed by atoms with E-state index in [1.165, 1.54) is 25.3 Å². The van der Waals surface area contributed by atoms with Crippen LogP contribution in [0.25, 0.3) is 11.3 Å². The summed E-state index contributed by atoms with van der Waals surface area (Å²) in [5.41, 5.74) is 0.372. The van der Waals surface area contributed by atoms with Crippen molar-refractivity contribution in [2.24, 2.45) is 5.92 Å². The maximum Gasteiger partial charge on any atom is 0.343 e. The lowest BCUT2D eigenvalue weighted by molar-refractivity contribution is 0.0697. The molecule has 29 heavy (non-hydrogen) atoms. The second-order valence-corrected chi connectivity index (χ2v) is 7.02. The number of carboxylic acid groups (broad SMARTS) is 1. The van der Waals surface area contributed by atoms with Crippen LogP contribution < -0.4 is 9.64 Å². The first-order valence-electron chi connectivity index (χ1n) is 9.36. The highest BCUT2D eigenvalue weighted by Crippen LogP contribution is 2.35. The van der Waals surface area contributed by atoms with Gasteiger partial charge in [0.05, 0.1) is 7.11 Å². The lowest BCUT2D eigenvalue weighted by Gasteiger charge is -2.32. The van der Waals surface area contributed by atoms with E-state index in [-0.39, 0.29) is 17.1 Å². The van der Waals surface area contributed by atoms with Crippen LogP contribution in [0.2, 0.25) is 0 Å². The molecule has 0 bridgehead atoms. The number of aromatic nitrogens is 3. The molecule has 1 N–H and O–H groups in total. The van der Waals surface area contributed by atoms with Crippen molar-refractivity contribution in [1.82, 2.24) is 14.9 Å². The predicted molar refractivity (Wildman–Crippen MR) is 103 cm³/mol. The van der Waals surface area contributed by atoms with Crippen LogP contribution in [-0.4, -0.2) is 46.2 Å². The highest BCUT2D eigenvalue weighted by Gasteiger charge is 2.30. The highest BCUT2D eigenvalue weighted by molar-refractivity contribution is 5.99. The van der Waals surface area contributed by atoms with Gasteiger partial charge >= 0.3 is 5.97 Å². The molecule has 152 valence electrons. The van der Waals surface area contributed by atoms with Crippen molar-refractivity contribution in [3.63, 3.8) is 0 Å². The molecule has 9 heteroatoms. The van der Waals surface area contributed by atoms with Crippen molar-refractivity contribution in [2.75, 3.05) is 25.1 Å². The predicted octanol–water partition coefficient (Wildman–Crippen LogP) is 3.30. The van der Waals surface area contributed by atoms with Gasteiger partial charge < -0.3 is 19.3 Å². The number of hydrogen-bond donors (Lipinski definition) is 1. The summed E-state index contributed by atoms with van der Waals surface area (Å²) in [5.74, 6) is -0.813. The zero-order chi connectivity index (χ0) is 20.4. The number of anilines is 1. The number of carbonyl (C=O) groups is 1. The maximum atomic E-state index is 13.7. The van der Waals surface area contributed by atoms with E-state index in [1.807, 2.05) is 21.8 Å². The third-order valence-electron chi connectivity index (χ3n) is 5.22. The number of ether oxygens (including phenoxy) is 1. The average molecular weight is 400 g/mol. The number of methoxy groups -OCH3 is 1. The van der Waals surface area contributed by atoms with E-state index in [2.05, 4.69) is 10.3 Å². The van der Waals surface area contributed by atoms with Crippen molar-refractivity contribution in [3.05, 3.63) is 48.0 Å². The Morgan fingerprint density at radius 2 is 2.17 bits per heavy atom. The first-order valence-corrected chi connectivity index (χ1v) is 9.36. The fraction of sp³-hybridized carbons (Fsp3) is 0.350. The van der Waals surface area contributed by atoms with Crippen LogP contribution in [-0.2, 0) is 6.54 Å². The summed E-state index contributed by atoms with van der Waals surface area (Å²) < 4.78 is 26.0. The Kier molecular flexibility index (Phi) is 5.20. The second kappa shape index (κ2) is 7.94. The smallest absolute Gasteiger partial charge is 0.343 e. The molecule has 1 saturated heterocycles. The first kappa shape index (κ1) is 19.0. The third kappa shape index (κ3) is 3.80. The monoisotopic (exact) mass is 400 g/mol. The molecule has 1 aliphatic heterocycles. The van der Waals surface area contributed by atoms with E-state index in [0.29, 0.717) is 30.4 Å². The fourth-order valence-corrected chi connectivity index (χ4v) is 3.69. The van der Waals surface area contributed by atoms with Gasteiger partial charge in [-0.25, -0.2) is 9.18 Å². The molecule has 3 aromatic rings. The van der Waals surface area contributed by atoms with Gasteiger partial charge in [0.1, 0.15) is 0 Å². The SMILES string of the molecule is COc1cc(-c2onc(N3CCC(Cn4cccn4)CC3)c2C(=O)O)ccc1F. The van der Waals surface area contributed by atoms with Gasteiger partial charge in [-0.3, -0.25) is 4.68 Å². The van der Waals surface area contributed by atoms with Crippen LogP contribution in [0.4, 0.5) is 10.2 Å². The summed E-state index contributed by atoms with van der Waals surface area (Å²) in [7, 11) is 1.35. The lowest BCUT2D eigenvalue weighted by atomic mass is 9.96. The Morgan fingerprint density at radius 1 is 1.38 bits per heavy atom. The van der Waals surface area contributed by atoms with Crippen molar-refractivity contribution in [3.8, 4) is 17.1 Å². The zero-order valence-corrected chi connectivity index (χ0v) is 15.9. The molecular weight excluding hydrogens is 379 g/mol. The Balaban J connectivity index is 1.55. The van der Waals surface area contributed by atoms with Gasteiger partial charge in [-0.05, 0) is 43.0 Å². The van der Waals surface area contributed by atoms with Gasteiger partial charge in [0, 0.05) is 37.6 Å². The van der Waals surface area contributed by atoms with Crippen LogP contribution >= 0.6 is 0 Å². The van der Waals surface area contributed by atoms with E-state index in [0.717, 1.165) is 19.4 Å². The molecule has 8 nitrogen and oxygen atoms in total. The van der Waals surface area contributed by atoms with E-state index in [9.17, 15) is 14.3 Å². The quantitative estimate of drug-likeness (QED) is 0.678. The summed E-state index contributed by atoms with van der Waals surface area (Å²) in [5, 5.41) is 18.1. The number of halogens is 1. The van der Waals surface area contributed by atoms with E-state index < -0.39 is 11.8 Å². The minimum Gasteiger partial charge on any atom is -0.494 e. The molecule has 2 aromatic heterocycles. The minimum atomic E-state index is -1.14. The van der Waals surface area contributed by atoms with Crippen molar-refractivity contribution < 1.29 is 23.6 Å². The number of nitrogens with zero attached hydrogens (tertiary/aromatic N) is 4. The first-order chi connectivity index (χ1) is 14.1. The fourth-order valence-electron chi connectivity index (χ4n) is 3.69. The van der Waals surface area contributed by atoms with Gasteiger partial charge in [-0.2, -0.15) is 5.10 Å². The summed E-state index contributed by atoms with van der Waals surface area (Å²) in [6.07, 6.45) is 5.49. The number of rotatable bonds is 6. The molecule has 0 saturated carbocycles. The van der Waals surface area contributed by atoms with Gasteiger partial charge in [0.2, 0.25) is 0 Å². The number of benzene rings is 1. The molecule has 0 radical (unpaired) electrons. The standard InChI is InChI=1S/C20H21FN4O4/c1-28-16-11-14(3-4-15(16)21)18-17(20(26)27)19(23-29-18)24-9-5-13(6-10-24)12-25-8-2-7-22-25/h2-4,7-8,11,13H,5-6,9-10,12H2,1H3,(H,26,27). The summed E-state index contributed by atoms with van der Waals surface area (Å²) in [6.45, 7) is 2.18. The Labute approximate surface area is 166 Å². The molecule has 0 aliphatic carbocycles. The molecule has 3 heterocycles. The van der Waals surface area contributed by atoms with Crippen molar-refractivity contribution in [2.45, 2.75) is 19.4 Å². The lowest BCUT2D eigenvalue weighted by Crippen LogP contribution is -2.36. The van der Waals surface area contributed by atoms with Gasteiger partial charge in [0.15, 0.2) is 28.7 Å². The number of carboxylic acids is 1. The van der Waals surface area contributed by atoms with Gasteiger partial charge in [-0.15, -0.1) is 0 Å². The van der Waals surface area contributed by atoms with Gasteiger partial charge in [0.25, 0.3) is 0 Å². The molecule has 1 aliphatic rings. The number of aromatic carboxylic acids is 1. The normalized spacial score (nSPS) is 14.9. The average Bonchev–Trinajstić information content (AvgIpc) is 3.39. The molecule has 0 spiro atoms. The zero-order valence-electron chi connectivity index (χ0n) is 15.9. The van der Waals surface area contributed by atoms with Crippen molar-refractivity contribution >= 4 is 11.8 Å². The summed E-state index contributed by atoms with van der Waals surface area (Å²) in [4.78, 5) is 13.9. The van der Waals surface area contributed by atoms with Crippen LogP contribution in [0.3, 0.4) is 0 Å². The second-order valence-electron chi connectivity index (χ2n) is 7.02. The Hall–Kier alpha value is -3.36. The Bertz CT molecular complexity index is 994. The molecule has 1 fully saturated rings. The topological polar surface area (TPSA) is 93.6 Å². The number of hydrogen-bond acceptors (Lipinski definition) is 6. The van der Waals surface area contributed by atoms with Crippen molar-refractivity contribution in [1.29, 1.82) is 0 Å². The largest absolute Gasteiger partial charge is 0.494 e. The molecular formula is C20H21FN4O4. The molecule has 1 aromatic carbocycles. The minimum absolute atomic E-state index is 0.0104. The molecule has 4 rings (SSSR count). The van der Waals surface area contributed by atoms with E-state index >= 15 is 0 Å². The van der Waals surface area contributed by atoms with E-state index in [1.54, 1.807) is 6.20 Å². The van der Waals surface area contributed by atoms with Gasteiger partial charge in [-0.1, -0.05) is 5.16 Å². The Morgan fingerprint density at radius 3 is 2.83 bits per heavy atom. The maximum absolute atomic E-state index is 13.7. The van der Waals surface area contributed by atoms with Crippen LogP contribution in [0.1, 0.15) is 23.2 Å². The number of piperidine rings is 1.